The Kier molecular flexibility index (Phi) is 8.24. The van der Waals surface area contributed by atoms with E-state index in [2.05, 4.69) is 27.7 Å². The highest BCUT2D eigenvalue weighted by atomic mass is 32.1. The summed E-state index contributed by atoms with van der Waals surface area (Å²) < 4.78 is 0. The normalized spacial score (nSPS) is 29.4. The van der Waals surface area contributed by atoms with E-state index in [0.717, 1.165) is 51.1 Å². The molecule has 2 amide bonds. The van der Waals surface area contributed by atoms with Gasteiger partial charge in [0, 0.05) is 49.6 Å². The third kappa shape index (κ3) is 6.12. The second-order valence-corrected chi connectivity index (χ2v) is 11.2. The van der Waals surface area contributed by atoms with E-state index in [1.165, 1.54) is 37.0 Å². The summed E-state index contributed by atoms with van der Waals surface area (Å²) in [7, 11) is 0. The lowest BCUT2D eigenvalue weighted by atomic mass is 9.88. The molecule has 2 heterocycles. The minimum Gasteiger partial charge on any atom is -0.352 e. The molecule has 2 aliphatic carbocycles. The second kappa shape index (κ2) is 11.1. The fraction of sp³-hybridized carbons (Fsp3) is 0.760. The van der Waals surface area contributed by atoms with Gasteiger partial charge < -0.3 is 16.0 Å². The average molecular weight is 461 g/mol. The van der Waals surface area contributed by atoms with Crippen molar-refractivity contribution in [2.24, 2.45) is 11.7 Å². The summed E-state index contributed by atoms with van der Waals surface area (Å²) in [6.07, 6.45) is 11.2. The summed E-state index contributed by atoms with van der Waals surface area (Å²) in [6, 6.07) is 4.65. The van der Waals surface area contributed by atoms with Gasteiger partial charge in [-0.15, -0.1) is 11.3 Å². The molecule has 0 bridgehead atoms. The van der Waals surface area contributed by atoms with Gasteiger partial charge in [0.15, 0.2) is 0 Å². The van der Waals surface area contributed by atoms with Gasteiger partial charge in [-0.2, -0.15) is 0 Å². The Balaban J connectivity index is 1.43. The third-order valence-electron chi connectivity index (χ3n) is 7.78. The number of hydrogen-bond donors (Lipinski definition) is 2. The SMILES string of the molecule is CC(=O)N1CC(N(Cc2cccs2)CC2CCCCC2)CC1C(=O)NC1CCC(N)CC1. The molecule has 1 aromatic rings. The highest BCUT2D eigenvalue weighted by Crippen LogP contribution is 2.30. The Hall–Kier alpha value is -1.44. The number of thiophene rings is 1. The smallest absolute Gasteiger partial charge is 0.243 e. The molecular weight excluding hydrogens is 420 g/mol. The van der Waals surface area contributed by atoms with Crippen molar-refractivity contribution >= 4 is 23.2 Å². The van der Waals surface area contributed by atoms with E-state index in [0.29, 0.717) is 6.54 Å². The van der Waals surface area contributed by atoms with E-state index < -0.39 is 0 Å². The van der Waals surface area contributed by atoms with Crippen molar-refractivity contribution in [2.75, 3.05) is 13.1 Å². The molecule has 0 spiro atoms. The van der Waals surface area contributed by atoms with E-state index in [1.807, 2.05) is 4.90 Å². The van der Waals surface area contributed by atoms with Crippen LogP contribution in [0.4, 0.5) is 0 Å². The molecule has 1 aliphatic heterocycles. The largest absolute Gasteiger partial charge is 0.352 e. The first-order valence-electron chi connectivity index (χ1n) is 12.6. The van der Waals surface area contributed by atoms with Gasteiger partial charge in [-0.25, -0.2) is 0 Å². The lowest BCUT2D eigenvalue weighted by Gasteiger charge is -2.33. The lowest BCUT2D eigenvalue weighted by molar-refractivity contribution is -0.137. The van der Waals surface area contributed by atoms with Crippen LogP contribution in [0.3, 0.4) is 0 Å². The summed E-state index contributed by atoms with van der Waals surface area (Å²) in [6.45, 7) is 4.25. The molecule has 6 nitrogen and oxygen atoms in total. The van der Waals surface area contributed by atoms with Crippen molar-refractivity contribution in [2.45, 2.75) is 102 Å². The Morgan fingerprint density at radius 1 is 1.16 bits per heavy atom. The van der Waals surface area contributed by atoms with Crippen LogP contribution in [0.15, 0.2) is 17.5 Å². The number of carbonyl (C=O) groups excluding carboxylic acids is 2. The molecule has 2 saturated carbocycles. The zero-order chi connectivity index (χ0) is 22.5. The van der Waals surface area contributed by atoms with E-state index in [1.54, 1.807) is 18.3 Å². The molecule has 3 aliphatic rings. The fourth-order valence-corrected chi connectivity index (χ4v) is 6.61. The van der Waals surface area contributed by atoms with Crippen LogP contribution in [0.2, 0.25) is 0 Å². The Bertz CT molecular complexity index is 741. The topological polar surface area (TPSA) is 78.7 Å². The lowest BCUT2D eigenvalue weighted by Crippen LogP contribution is -2.49. The van der Waals surface area contributed by atoms with Gasteiger partial charge in [0.1, 0.15) is 6.04 Å². The quantitative estimate of drug-likeness (QED) is 0.653. The molecule has 1 aromatic heterocycles. The van der Waals surface area contributed by atoms with Crippen LogP contribution < -0.4 is 11.1 Å². The molecule has 3 fully saturated rings. The number of nitrogens with two attached hydrogens (primary N) is 1. The van der Waals surface area contributed by atoms with Crippen LogP contribution in [0.5, 0.6) is 0 Å². The average Bonchev–Trinajstić information content (AvgIpc) is 3.46. The molecule has 0 aromatic carbocycles. The Morgan fingerprint density at radius 3 is 2.56 bits per heavy atom. The fourth-order valence-electron chi connectivity index (χ4n) is 5.88. The zero-order valence-corrected chi connectivity index (χ0v) is 20.3. The van der Waals surface area contributed by atoms with E-state index in [-0.39, 0.29) is 36.0 Å². The molecule has 32 heavy (non-hydrogen) atoms. The van der Waals surface area contributed by atoms with Gasteiger partial charge >= 0.3 is 0 Å². The molecule has 1 saturated heterocycles. The third-order valence-corrected chi connectivity index (χ3v) is 8.64. The molecule has 7 heteroatoms. The first kappa shape index (κ1) is 23.7. The second-order valence-electron chi connectivity index (χ2n) is 10.2. The summed E-state index contributed by atoms with van der Waals surface area (Å²) >= 11 is 1.80. The van der Waals surface area contributed by atoms with E-state index in [4.69, 9.17) is 5.73 Å². The van der Waals surface area contributed by atoms with Gasteiger partial charge in [-0.3, -0.25) is 14.5 Å². The Labute approximate surface area is 196 Å². The maximum Gasteiger partial charge on any atom is 0.243 e. The van der Waals surface area contributed by atoms with Crippen LogP contribution >= 0.6 is 11.3 Å². The highest BCUT2D eigenvalue weighted by molar-refractivity contribution is 7.09. The van der Waals surface area contributed by atoms with Crippen LogP contribution in [0.25, 0.3) is 0 Å². The summed E-state index contributed by atoms with van der Waals surface area (Å²) in [4.78, 5) is 31.5. The number of rotatable bonds is 7. The number of amides is 2. The number of carbonyl (C=O) groups is 2. The van der Waals surface area contributed by atoms with Gasteiger partial charge in [0.25, 0.3) is 0 Å². The van der Waals surface area contributed by atoms with Crippen molar-refractivity contribution in [3.63, 3.8) is 0 Å². The van der Waals surface area contributed by atoms with Crippen molar-refractivity contribution in [3.8, 4) is 0 Å². The molecule has 0 radical (unpaired) electrons. The van der Waals surface area contributed by atoms with Crippen LogP contribution in [0.1, 0.15) is 76.0 Å². The zero-order valence-electron chi connectivity index (χ0n) is 19.5. The van der Waals surface area contributed by atoms with Crippen LogP contribution in [0, 0.1) is 5.92 Å². The van der Waals surface area contributed by atoms with Gasteiger partial charge in [-0.05, 0) is 62.3 Å². The monoisotopic (exact) mass is 460 g/mol. The predicted molar refractivity (Wildman–Crippen MR) is 129 cm³/mol. The van der Waals surface area contributed by atoms with Crippen molar-refractivity contribution in [1.82, 2.24) is 15.1 Å². The molecule has 3 N–H and O–H groups in total. The van der Waals surface area contributed by atoms with Crippen molar-refractivity contribution in [3.05, 3.63) is 22.4 Å². The van der Waals surface area contributed by atoms with Crippen LogP contribution in [-0.2, 0) is 16.1 Å². The van der Waals surface area contributed by atoms with E-state index >= 15 is 0 Å². The first-order chi connectivity index (χ1) is 15.5. The number of nitrogens with zero attached hydrogens (tertiary/aromatic N) is 2. The van der Waals surface area contributed by atoms with Gasteiger partial charge in [0.05, 0.1) is 0 Å². The molecule has 4 rings (SSSR count). The number of nitrogens with one attached hydrogen (secondary N) is 1. The van der Waals surface area contributed by atoms with Crippen LogP contribution in [-0.4, -0.2) is 58.9 Å². The standard InChI is InChI=1S/C25H40N4O2S/c1-18(30)29-16-22(14-24(29)25(31)27-21-11-9-20(26)10-12-21)28(17-23-8-5-13-32-23)15-19-6-3-2-4-7-19/h5,8,13,19-22,24H,2-4,6-7,9-12,14-17,26H2,1H3,(H,27,31). The van der Waals surface area contributed by atoms with Gasteiger partial charge in [-0.1, -0.05) is 25.3 Å². The summed E-state index contributed by atoms with van der Waals surface area (Å²) in [5.41, 5.74) is 6.03. The Morgan fingerprint density at radius 2 is 1.91 bits per heavy atom. The van der Waals surface area contributed by atoms with Crippen molar-refractivity contribution in [1.29, 1.82) is 0 Å². The minimum atomic E-state index is -0.356. The minimum absolute atomic E-state index is 0.00653. The molecule has 2 unspecified atom stereocenters. The molecule has 2 atom stereocenters. The first-order valence-corrected chi connectivity index (χ1v) is 13.5. The van der Waals surface area contributed by atoms with Crippen molar-refractivity contribution < 1.29 is 9.59 Å². The predicted octanol–water partition coefficient (Wildman–Crippen LogP) is 3.51. The maximum absolute atomic E-state index is 13.2. The number of likely N-dealkylation sites (tertiary alicyclic amines) is 1. The summed E-state index contributed by atoms with van der Waals surface area (Å²) in [5.74, 6) is 0.762. The van der Waals surface area contributed by atoms with Gasteiger partial charge in [0.2, 0.25) is 11.8 Å². The van der Waals surface area contributed by atoms with E-state index in [9.17, 15) is 9.59 Å². The molecular formula is C25H40N4O2S. The maximum atomic E-state index is 13.2. The highest BCUT2D eigenvalue weighted by Gasteiger charge is 2.41. The number of hydrogen-bond acceptors (Lipinski definition) is 5. The summed E-state index contributed by atoms with van der Waals surface area (Å²) in [5, 5.41) is 5.38. The molecule has 178 valence electrons.